The van der Waals surface area contributed by atoms with Crippen LogP contribution >= 0.6 is 0 Å². The summed E-state index contributed by atoms with van der Waals surface area (Å²) in [5.41, 5.74) is 0.691. The molecule has 0 bridgehead atoms. The Balaban J connectivity index is 0. The Hall–Kier alpha value is -1.31. The van der Waals surface area contributed by atoms with E-state index in [0.717, 1.165) is 25.7 Å². The number of rotatable bonds is 6. The van der Waals surface area contributed by atoms with E-state index in [-0.39, 0.29) is 11.4 Å². The minimum Gasteiger partial charge on any atom is -0.426 e. The summed E-state index contributed by atoms with van der Waals surface area (Å²) in [5.74, 6) is 0.520. The van der Waals surface area contributed by atoms with Crippen LogP contribution < -0.4 is 4.74 Å². The molecule has 0 amide bonds. The Morgan fingerprint density at radius 3 is 1.72 bits per heavy atom. The maximum atomic E-state index is 12.7. The maximum absolute atomic E-state index is 12.7. The minimum absolute atomic E-state index is 0.123. The summed E-state index contributed by atoms with van der Waals surface area (Å²) in [6.45, 7) is 20.6. The molecular formula is C23H42O2. The zero-order valence-corrected chi connectivity index (χ0v) is 18.5. The lowest BCUT2D eigenvalue weighted by molar-refractivity contribution is -0.152. The van der Waals surface area contributed by atoms with Gasteiger partial charge in [-0.05, 0) is 42.9 Å². The molecule has 0 aliphatic carbocycles. The van der Waals surface area contributed by atoms with Crippen molar-refractivity contribution >= 4 is 5.97 Å². The van der Waals surface area contributed by atoms with Crippen LogP contribution in [0.3, 0.4) is 0 Å². The fourth-order valence-electron chi connectivity index (χ4n) is 2.52. The Morgan fingerprint density at radius 2 is 1.36 bits per heavy atom. The fraction of sp³-hybridized carbons (Fsp3) is 0.696. The van der Waals surface area contributed by atoms with Crippen molar-refractivity contribution in [2.75, 3.05) is 0 Å². The first kappa shape index (κ1) is 25.9. The number of hydrogen-bond donors (Lipinski definition) is 0. The normalized spacial score (nSPS) is 12.7. The number of ether oxygens (including phenoxy) is 1. The fourth-order valence-corrected chi connectivity index (χ4v) is 2.52. The van der Waals surface area contributed by atoms with Crippen LogP contribution in [-0.4, -0.2) is 5.97 Å². The van der Waals surface area contributed by atoms with Crippen LogP contribution in [0.25, 0.3) is 0 Å². The molecule has 1 atom stereocenters. The van der Waals surface area contributed by atoms with Crippen molar-refractivity contribution in [2.24, 2.45) is 10.8 Å². The van der Waals surface area contributed by atoms with E-state index in [4.69, 9.17) is 4.74 Å². The van der Waals surface area contributed by atoms with Crippen LogP contribution in [0.1, 0.15) is 94.1 Å². The zero-order valence-electron chi connectivity index (χ0n) is 18.5. The monoisotopic (exact) mass is 350 g/mol. The molecule has 1 unspecified atom stereocenters. The van der Waals surface area contributed by atoms with Crippen LogP contribution in [0.5, 0.6) is 5.75 Å². The summed E-state index contributed by atoms with van der Waals surface area (Å²) in [4.78, 5) is 12.7. The van der Waals surface area contributed by atoms with Crippen LogP contribution in [0, 0.1) is 10.8 Å². The first-order chi connectivity index (χ1) is 11.7. The molecule has 0 saturated heterocycles. The number of hydrogen-bond acceptors (Lipinski definition) is 2. The maximum Gasteiger partial charge on any atom is 0.317 e. The van der Waals surface area contributed by atoms with E-state index in [1.807, 2.05) is 58.9 Å². The smallest absolute Gasteiger partial charge is 0.317 e. The highest BCUT2D eigenvalue weighted by Gasteiger charge is 2.44. The van der Waals surface area contributed by atoms with Crippen molar-refractivity contribution in [1.29, 1.82) is 0 Å². The van der Waals surface area contributed by atoms with Crippen LogP contribution in [0.4, 0.5) is 0 Å². The van der Waals surface area contributed by atoms with Gasteiger partial charge in [-0.25, -0.2) is 0 Å². The Bertz CT molecular complexity index is 454. The number of benzene rings is 1. The van der Waals surface area contributed by atoms with Gasteiger partial charge in [0.2, 0.25) is 0 Å². The molecule has 0 radical (unpaired) electrons. The van der Waals surface area contributed by atoms with Gasteiger partial charge in [-0.1, -0.05) is 87.3 Å². The van der Waals surface area contributed by atoms with Gasteiger partial charge in [-0.15, -0.1) is 0 Å². The van der Waals surface area contributed by atoms with E-state index >= 15 is 0 Å². The molecular weight excluding hydrogens is 308 g/mol. The Kier molecular flexibility index (Phi) is 13.4. The van der Waals surface area contributed by atoms with Gasteiger partial charge >= 0.3 is 5.97 Å². The summed E-state index contributed by atoms with van der Waals surface area (Å²) < 4.78 is 5.65. The lowest BCUT2D eigenvalue weighted by atomic mass is 9.65. The topological polar surface area (TPSA) is 26.3 Å². The summed E-state index contributed by atoms with van der Waals surface area (Å²) in [5, 5.41) is 0. The molecule has 146 valence electrons. The highest BCUT2D eigenvalue weighted by atomic mass is 16.5. The summed E-state index contributed by atoms with van der Waals surface area (Å²) >= 11 is 0. The van der Waals surface area contributed by atoms with Crippen molar-refractivity contribution in [2.45, 2.75) is 94.9 Å². The number of carbonyl (C=O) groups excluding carboxylic acids is 1. The second-order valence-corrected chi connectivity index (χ2v) is 7.12. The Morgan fingerprint density at radius 1 is 0.880 bits per heavy atom. The predicted octanol–water partition coefficient (Wildman–Crippen LogP) is 7.45. The van der Waals surface area contributed by atoms with Gasteiger partial charge in [0.15, 0.2) is 0 Å². The number of aryl methyl sites for hydroxylation is 1. The van der Waals surface area contributed by atoms with Gasteiger partial charge in [0.05, 0.1) is 5.41 Å². The van der Waals surface area contributed by atoms with E-state index in [1.54, 1.807) is 0 Å². The Labute approximate surface area is 157 Å². The summed E-state index contributed by atoms with van der Waals surface area (Å²) in [6.07, 6.45) is 3.99. The second-order valence-electron chi connectivity index (χ2n) is 7.12. The average Bonchev–Trinajstić information content (AvgIpc) is 2.59. The number of carbonyl (C=O) groups is 1. The zero-order chi connectivity index (χ0) is 20.1. The van der Waals surface area contributed by atoms with Gasteiger partial charge in [0, 0.05) is 0 Å². The lowest BCUT2D eigenvalue weighted by Gasteiger charge is -2.39. The molecule has 1 aromatic rings. The van der Waals surface area contributed by atoms with Gasteiger partial charge in [-0.3, -0.25) is 4.79 Å². The standard InChI is InChI=1S/C19H30O2.2C2H6/c1-7-9-15-10-12-16(13-11-15)21-17(20)19(6,14-8-2)18(3,4)5;2*1-2/h10-13H,7-9,14H2,1-6H3;2*1-2H3. The average molecular weight is 351 g/mol. The van der Waals surface area contributed by atoms with E-state index in [1.165, 1.54) is 5.56 Å². The van der Waals surface area contributed by atoms with E-state index in [2.05, 4.69) is 34.6 Å². The van der Waals surface area contributed by atoms with Crippen LogP contribution in [0.2, 0.25) is 0 Å². The summed E-state index contributed by atoms with van der Waals surface area (Å²) in [6, 6.07) is 7.89. The summed E-state index contributed by atoms with van der Waals surface area (Å²) in [7, 11) is 0. The third-order valence-corrected chi connectivity index (χ3v) is 4.53. The third-order valence-electron chi connectivity index (χ3n) is 4.53. The van der Waals surface area contributed by atoms with Crippen molar-refractivity contribution < 1.29 is 9.53 Å². The predicted molar refractivity (Wildman–Crippen MR) is 111 cm³/mol. The van der Waals surface area contributed by atoms with Crippen molar-refractivity contribution in [1.82, 2.24) is 0 Å². The number of esters is 1. The quantitative estimate of drug-likeness (QED) is 0.393. The lowest BCUT2D eigenvalue weighted by Crippen LogP contribution is -2.43. The molecule has 0 fully saturated rings. The van der Waals surface area contributed by atoms with Crippen molar-refractivity contribution in [3.8, 4) is 5.75 Å². The third kappa shape index (κ3) is 8.07. The first-order valence-corrected chi connectivity index (χ1v) is 10.1. The molecule has 2 nitrogen and oxygen atoms in total. The van der Waals surface area contributed by atoms with Gasteiger partial charge in [0.1, 0.15) is 5.75 Å². The van der Waals surface area contributed by atoms with Gasteiger partial charge in [0.25, 0.3) is 0 Å². The molecule has 0 heterocycles. The SMILES string of the molecule is CC.CC.CCCc1ccc(OC(=O)C(C)(CCC)C(C)(C)C)cc1. The first-order valence-electron chi connectivity index (χ1n) is 10.1. The van der Waals surface area contributed by atoms with E-state index in [9.17, 15) is 4.79 Å². The molecule has 1 aromatic carbocycles. The minimum atomic E-state index is -0.468. The highest BCUT2D eigenvalue weighted by molar-refractivity contribution is 5.79. The van der Waals surface area contributed by atoms with Crippen LogP contribution in [0.15, 0.2) is 24.3 Å². The van der Waals surface area contributed by atoms with Gasteiger partial charge < -0.3 is 4.74 Å². The van der Waals surface area contributed by atoms with Crippen LogP contribution in [-0.2, 0) is 11.2 Å². The van der Waals surface area contributed by atoms with E-state index in [0.29, 0.717) is 5.75 Å². The molecule has 2 heteroatoms. The van der Waals surface area contributed by atoms with E-state index < -0.39 is 5.41 Å². The van der Waals surface area contributed by atoms with Crippen molar-refractivity contribution in [3.05, 3.63) is 29.8 Å². The molecule has 0 aliphatic heterocycles. The molecule has 0 saturated carbocycles. The molecule has 25 heavy (non-hydrogen) atoms. The second kappa shape index (κ2) is 13.0. The molecule has 0 aromatic heterocycles. The van der Waals surface area contributed by atoms with Crippen molar-refractivity contribution in [3.63, 3.8) is 0 Å². The largest absolute Gasteiger partial charge is 0.426 e. The highest BCUT2D eigenvalue weighted by Crippen LogP contribution is 2.43. The molecule has 1 rings (SSSR count). The molecule has 0 N–H and O–H groups in total. The molecule has 0 aliphatic rings. The molecule has 0 spiro atoms. The van der Waals surface area contributed by atoms with Gasteiger partial charge in [-0.2, -0.15) is 0 Å².